The summed E-state index contributed by atoms with van der Waals surface area (Å²) in [7, 11) is 0. The van der Waals surface area contributed by atoms with Crippen LogP contribution in [0.4, 0.5) is 0 Å². The number of benzene rings is 1. The van der Waals surface area contributed by atoms with Gasteiger partial charge in [-0.25, -0.2) is 0 Å². The third-order valence-corrected chi connectivity index (χ3v) is 3.24. The van der Waals surface area contributed by atoms with Crippen LogP contribution >= 0.6 is 39.1 Å². The SMILES string of the molecule is O=C([O-])c1ccc(Cl)c(Br)c1Cl. The van der Waals surface area contributed by atoms with Crippen LogP contribution in [0.1, 0.15) is 10.4 Å². The first-order chi connectivity index (χ1) is 5.54. The monoisotopic (exact) mass is 267 g/mol. The Morgan fingerprint density at radius 3 is 2.50 bits per heavy atom. The summed E-state index contributed by atoms with van der Waals surface area (Å²) in [6.07, 6.45) is 0. The highest BCUT2D eigenvalue weighted by atomic mass is 79.9. The smallest absolute Gasteiger partial charge is 0.0730 e. The summed E-state index contributed by atoms with van der Waals surface area (Å²) in [5.74, 6) is -1.32. The van der Waals surface area contributed by atoms with Crippen LogP contribution in [0, 0.1) is 0 Å². The van der Waals surface area contributed by atoms with Gasteiger partial charge in [0.15, 0.2) is 0 Å². The zero-order valence-corrected chi connectivity index (χ0v) is 8.70. The minimum absolute atomic E-state index is 0.0579. The number of hydrogen-bond donors (Lipinski definition) is 0. The average Bonchev–Trinajstić information content (AvgIpc) is 2.00. The first kappa shape index (κ1) is 9.84. The third-order valence-electron chi connectivity index (χ3n) is 1.26. The highest BCUT2D eigenvalue weighted by molar-refractivity contribution is 9.10. The number of aromatic carboxylic acids is 1. The highest BCUT2D eigenvalue weighted by Crippen LogP contribution is 2.32. The van der Waals surface area contributed by atoms with Gasteiger partial charge in [0.2, 0.25) is 0 Å². The van der Waals surface area contributed by atoms with Crippen molar-refractivity contribution in [3.05, 3.63) is 32.2 Å². The van der Waals surface area contributed by atoms with Crippen LogP contribution < -0.4 is 5.11 Å². The van der Waals surface area contributed by atoms with Crippen molar-refractivity contribution in [1.82, 2.24) is 0 Å². The summed E-state index contributed by atoms with van der Waals surface area (Å²) in [5, 5.41) is 10.8. The van der Waals surface area contributed by atoms with E-state index in [1.54, 1.807) is 0 Å². The van der Waals surface area contributed by atoms with E-state index < -0.39 is 5.97 Å². The van der Waals surface area contributed by atoms with E-state index in [9.17, 15) is 9.90 Å². The van der Waals surface area contributed by atoms with Crippen molar-refractivity contribution < 1.29 is 9.90 Å². The molecule has 1 rings (SSSR count). The van der Waals surface area contributed by atoms with Gasteiger partial charge >= 0.3 is 0 Å². The van der Waals surface area contributed by atoms with Crippen molar-refractivity contribution in [2.45, 2.75) is 0 Å². The molecule has 1 aromatic rings. The number of carbonyl (C=O) groups is 1. The third kappa shape index (κ3) is 1.73. The molecule has 0 aromatic heterocycles. The van der Waals surface area contributed by atoms with Crippen molar-refractivity contribution in [3.63, 3.8) is 0 Å². The molecule has 0 atom stereocenters. The lowest BCUT2D eigenvalue weighted by Crippen LogP contribution is -2.22. The zero-order chi connectivity index (χ0) is 9.30. The van der Waals surface area contributed by atoms with E-state index in [4.69, 9.17) is 23.2 Å². The average molecular weight is 269 g/mol. The molecular formula is C7H2BrCl2O2-. The Labute approximate surface area is 87.2 Å². The molecule has 0 unspecified atom stereocenters. The Morgan fingerprint density at radius 2 is 2.00 bits per heavy atom. The molecule has 0 aliphatic rings. The maximum atomic E-state index is 10.4. The summed E-state index contributed by atoms with van der Waals surface area (Å²) in [5.41, 5.74) is -0.0760. The zero-order valence-electron chi connectivity index (χ0n) is 5.61. The van der Waals surface area contributed by atoms with Gasteiger partial charge in [-0.1, -0.05) is 29.3 Å². The maximum absolute atomic E-state index is 10.4. The van der Waals surface area contributed by atoms with E-state index in [0.29, 0.717) is 9.50 Å². The molecule has 0 saturated carbocycles. The van der Waals surface area contributed by atoms with Gasteiger partial charge in [0.25, 0.3) is 0 Å². The van der Waals surface area contributed by atoms with Crippen LogP contribution in [-0.2, 0) is 0 Å². The lowest BCUT2D eigenvalue weighted by atomic mass is 10.2. The van der Waals surface area contributed by atoms with Gasteiger partial charge in [-0.05, 0) is 22.0 Å². The van der Waals surface area contributed by atoms with Crippen LogP contribution in [0.25, 0.3) is 0 Å². The molecule has 0 aliphatic heterocycles. The first-order valence-electron chi connectivity index (χ1n) is 2.89. The van der Waals surface area contributed by atoms with Gasteiger partial charge in [0.05, 0.1) is 20.5 Å². The van der Waals surface area contributed by atoms with Crippen LogP contribution in [0.2, 0.25) is 10.0 Å². The van der Waals surface area contributed by atoms with Gasteiger partial charge in [0.1, 0.15) is 0 Å². The molecule has 0 radical (unpaired) electrons. The van der Waals surface area contributed by atoms with Gasteiger partial charge in [-0.15, -0.1) is 0 Å². The Morgan fingerprint density at radius 1 is 1.42 bits per heavy atom. The molecule has 0 amide bonds. The fourth-order valence-corrected chi connectivity index (χ4v) is 1.48. The summed E-state index contributed by atoms with van der Waals surface area (Å²) in [4.78, 5) is 10.4. The van der Waals surface area contributed by atoms with E-state index in [1.807, 2.05) is 0 Å². The molecule has 0 fully saturated rings. The lowest BCUT2D eigenvalue weighted by Gasteiger charge is -2.07. The van der Waals surface area contributed by atoms with E-state index in [2.05, 4.69) is 15.9 Å². The maximum Gasteiger partial charge on any atom is 0.0730 e. The second kappa shape index (κ2) is 3.64. The predicted molar refractivity (Wildman–Crippen MR) is 48.5 cm³/mol. The molecule has 0 aliphatic carbocycles. The topological polar surface area (TPSA) is 40.1 Å². The Balaban J connectivity index is 3.36. The number of rotatable bonds is 1. The van der Waals surface area contributed by atoms with E-state index in [1.165, 1.54) is 12.1 Å². The quantitative estimate of drug-likeness (QED) is 0.732. The molecule has 0 spiro atoms. The molecule has 0 saturated heterocycles. The van der Waals surface area contributed by atoms with Crippen molar-refractivity contribution in [2.75, 3.05) is 0 Å². The van der Waals surface area contributed by atoms with Gasteiger partial charge < -0.3 is 9.90 Å². The molecule has 1 aromatic carbocycles. The molecule has 12 heavy (non-hydrogen) atoms. The summed E-state index contributed by atoms with van der Waals surface area (Å²) >= 11 is 14.3. The summed E-state index contributed by atoms with van der Waals surface area (Å²) < 4.78 is 0.368. The van der Waals surface area contributed by atoms with Crippen molar-refractivity contribution in [1.29, 1.82) is 0 Å². The number of carbonyl (C=O) groups excluding carboxylic acids is 1. The van der Waals surface area contributed by atoms with Crippen LogP contribution in [0.5, 0.6) is 0 Å². The molecule has 64 valence electrons. The van der Waals surface area contributed by atoms with Gasteiger partial charge in [-0.2, -0.15) is 0 Å². The fourth-order valence-electron chi connectivity index (χ4n) is 0.684. The Kier molecular flexibility index (Phi) is 2.99. The minimum atomic E-state index is -1.32. The Hall–Kier alpha value is -0.250. The molecular weight excluding hydrogens is 267 g/mol. The standard InChI is InChI=1S/C7H3BrCl2O2/c8-5-4(9)2-1-3(6(5)10)7(11)12/h1-2H,(H,11,12)/p-1. The molecule has 0 N–H and O–H groups in total. The van der Waals surface area contributed by atoms with Gasteiger partial charge in [0, 0.05) is 5.56 Å². The highest BCUT2D eigenvalue weighted by Gasteiger charge is 2.07. The summed E-state index contributed by atoms with van der Waals surface area (Å²) in [6, 6.07) is 2.73. The normalized spacial score (nSPS) is 9.92. The molecule has 5 heteroatoms. The van der Waals surface area contributed by atoms with Gasteiger partial charge in [-0.3, -0.25) is 0 Å². The lowest BCUT2D eigenvalue weighted by molar-refractivity contribution is -0.255. The second-order valence-corrected chi connectivity index (χ2v) is 3.59. The fraction of sp³-hybridized carbons (Fsp3) is 0. The second-order valence-electron chi connectivity index (χ2n) is 2.01. The predicted octanol–water partition coefficient (Wildman–Crippen LogP) is 2.12. The van der Waals surface area contributed by atoms with Crippen molar-refractivity contribution in [3.8, 4) is 0 Å². The number of halogens is 3. The van der Waals surface area contributed by atoms with Crippen molar-refractivity contribution in [2.24, 2.45) is 0 Å². The largest absolute Gasteiger partial charge is 0.545 e. The summed E-state index contributed by atoms with van der Waals surface area (Å²) in [6.45, 7) is 0. The number of carboxylic acid groups (broad SMARTS) is 1. The molecule has 0 heterocycles. The van der Waals surface area contributed by atoms with Crippen LogP contribution in [0.3, 0.4) is 0 Å². The van der Waals surface area contributed by atoms with E-state index >= 15 is 0 Å². The molecule has 2 nitrogen and oxygen atoms in total. The minimum Gasteiger partial charge on any atom is -0.545 e. The van der Waals surface area contributed by atoms with E-state index in [-0.39, 0.29) is 10.6 Å². The molecule has 0 bridgehead atoms. The van der Waals surface area contributed by atoms with Crippen LogP contribution in [0.15, 0.2) is 16.6 Å². The van der Waals surface area contributed by atoms with E-state index in [0.717, 1.165) is 0 Å². The Bertz CT molecular complexity index is 338. The number of carboxylic acids is 1. The first-order valence-corrected chi connectivity index (χ1v) is 4.43. The van der Waals surface area contributed by atoms with Crippen LogP contribution in [-0.4, -0.2) is 5.97 Å². The number of hydrogen-bond acceptors (Lipinski definition) is 2. The van der Waals surface area contributed by atoms with Crippen molar-refractivity contribution >= 4 is 45.1 Å².